The molecule has 0 aliphatic heterocycles. The van der Waals surface area contributed by atoms with Gasteiger partial charge in [0.25, 0.3) is 0 Å². The molecule has 0 saturated carbocycles. The third-order valence-electron chi connectivity index (χ3n) is 5.22. The van der Waals surface area contributed by atoms with Crippen molar-refractivity contribution in [1.29, 1.82) is 0 Å². The Kier molecular flexibility index (Phi) is 6.35. The number of para-hydroxylation sites is 3. The standard InChI is InChI=1S/C26H19F3N3O4P/c1-18-24-22(26(27,28)29)17-23(30-25(24)32(31-18)19-11-5-2-6-12-19)36-37(33,34-20-13-7-3-8-14-20)35-21-15-9-4-10-16-21/h2-17H,1H3. The third kappa shape index (κ3) is 5.29. The lowest BCUT2D eigenvalue weighted by atomic mass is 10.1. The molecule has 2 heterocycles. The van der Waals surface area contributed by atoms with Gasteiger partial charge < -0.3 is 13.6 Å². The molecule has 188 valence electrons. The average Bonchev–Trinajstić information content (AvgIpc) is 3.20. The summed E-state index contributed by atoms with van der Waals surface area (Å²) in [5.41, 5.74) is -0.560. The molecule has 2 aromatic heterocycles. The van der Waals surface area contributed by atoms with Crippen LogP contribution in [0, 0.1) is 6.92 Å². The van der Waals surface area contributed by atoms with Gasteiger partial charge in [-0.2, -0.15) is 27.8 Å². The van der Waals surface area contributed by atoms with E-state index in [-0.39, 0.29) is 28.2 Å². The van der Waals surface area contributed by atoms with Gasteiger partial charge in [-0.25, -0.2) is 4.68 Å². The van der Waals surface area contributed by atoms with Crippen LogP contribution in [0.25, 0.3) is 16.7 Å². The number of phosphoric acid groups is 1. The minimum Gasteiger partial charge on any atom is -0.386 e. The maximum absolute atomic E-state index is 14.2. The Hall–Kier alpha value is -4.30. The molecular formula is C26H19F3N3O4P. The molecule has 3 aromatic carbocycles. The number of rotatable bonds is 7. The highest BCUT2D eigenvalue weighted by Crippen LogP contribution is 2.50. The molecule has 7 nitrogen and oxygen atoms in total. The average molecular weight is 525 g/mol. The highest BCUT2D eigenvalue weighted by atomic mass is 31.2. The van der Waals surface area contributed by atoms with Gasteiger partial charge in [-0.1, -0.05) is 54.6 Å². The van der Waals surface area contributed by atoms with E-state index in [2.05, 4.69) is 10.1 Å². The number of aryl methyl sites for hydroxylation is 1. The maximum atomic E-state index is 14.2. The van der Waals surface area contributed by atoms with Crippen LogP contribution in [0.4, 0.5) is 13.2 Å². The Labute approximate surface area is 209 Å². The van der Waals surface area contributed by atoms with Crippen LogP contribution in [0.3, 0.4) is 0 Å². The summed E-state index contributed by atoms with van der Waals surface area (Å²) in [5.74, 6) is -0.347. The van der Waals surface area contributed by atoms with Crippen molar-refractivity contribution in [3.8, 4) is 23.1 Å². The quantitative estimate of drug-likeness (QED) is 0.206. The van der Waals surface area contributed by atoms with Crippen LogP contribution in [0.15, 0.2) is 97.1 Å². The largest absolute Gasteiger partial charge is 0.648 e. The Bertz CT molecular complexity index is 1530. The zero-order valence-electron chi connectivity index (χ0n) is 19.3. The molecular weight excluding hydrogens is 506 g/mol. The first-order valence-electron chi connectivity index (χ1n) is 11.0. The van der Waals surface area contributed by atoms with Crippen molar-refractivity contribution in [2.45, 2.75) is 13.1 Å². The Morgan fingerprint density at radius 3 is 1.81 bits per heavy atom. The van der Waals surface area contributed by atoms with Crippen molar-refractivity contribution >= 4 is 18.9 Å². The minimum absolute atomic E-state index is 0.120. The van der Waals surface area contributed by atoms with Crippen molar-refractivity contribution < 1.29 is 31.3 Å². The highest BCUT2D eigenvalue weighted by molar-refractivity contribution is 7.49. The number of phosphoric ester groups is 1. The van der Waals surface area contributed by atoms with Gasteiger partial charge in [0.1, 0.15) is 11.5 Å². The molecule has 0 unspecified atom stereocenters. The van der Waals surface area contributed by atoms with Crippen molar-refractivity contribution in [3.05, 3.63) is 108 Å². The topological polar surface area (TPSA) is 75.5 Å². The second-order valence-electron chi connectivity index (χ2n) is 7.88. The molecule has 0 bridgehead atoms. The van der Waals surface area contributed by atoms with E-state index in [1.165, 1.54) is 35.9 Å². The lowest BCUT2D eigenvalue weighted by molar-refractivity contribution is -0.136. The zero-order valence-corrected chi connectivity index (χ0v) is 20.2. The molecule has 0 saturated heterocycles. The van der Waals surface area contributed by atoms with Gasteiger partial charge in [0.15, 0.2) is 5.65 Å². The van der Waals surface area contributed by atoms with E-state index in [1.54, 1.807) is 66.7 Å². The summed E-state index contributed by atoms with van der Waals surface area (Å²) in [7, 11) is -4.57. The molecule has 0 spiro atoms. The fourth-order valence-corrected chi connectivity index (χ4v) is 4.87. The van der Waals surface area contributed by atoms with Crippen LogP contribution >= 0.6 is 7.82 Å². The number of halogens is 3. The van der Waals surface area contributed by atoms with Crippen LogP contribution in [-0.2, 0) is 10.7 Å². The smallest absolute Gasteiger partial charge is 0.386 e. The van der Waals surface area contributed by atoms with Gasteiger partial charge in [-0.3, -0.25) is 0 Å². The number of pyridine rings is 1. The molecule has 0 N–H and O–H groups in total. The lowest BCUT2D eigenvalue weighted by Gasteiger charge is -2.19. The first-order chi connectivity index (χ1) is 17.7. The predicted octanol–water partition coefficient (Wildman–Crippen LogP) is 7.39. The van der Waals surface area contributed by atoms with E-state index in [9.17, 15) is 17.7 Å². The summed E-state index contributed by atoms with van der Waals surface area (Å²) in [5, 5.41) is 4.07. The molecule has 0 fully saturated rings. The number of aromatic nitrogens is 3. The summed E-state index contributed by atoms with van der Waals surface area (Å²) in [6, 6.07) is 25.2. The van der Waals surface area contributed by atoms with Crippen molar-refractivity contribution in [2.75, 3.05) is 0 Å². The lowest BCUT2D eigenvalue weighted by Crippen LogP contribution is -2.11. The summed E-state index contributed by atoms with van der Waals surface area (Å²) >= 11 is 0. The second kappa shape index (κ2) is 9.63. The number of benzene rings is 3. The molecule has 0 radical (unpaired) electrons. The first-order valence-corrected chi connectivity index (χ1v) is 12.5. The molecule has 0 aliphatic carbocycles. The minimum atomic E-state index is -4.78. The zero-order chi connectivity index (χ0) is 26.0. The summed E-state index contributed by atoms with van der Waals surface area (Å²) in [6.45, 7) is 1.46. The number of alkyl halides is 3. The van der Waals surface area contributed by atoms with E-state index < -0.39 is 25.4 Å². The Morgan fingerprint density at radius 2 is 1.30 bits per heavy atom. The normalized spacial score (nSPS) is 11.9. The van der Waals surface area contributed by atoms with E-state index in [0.29, 0.717) is 11.8 Å². The van der Waals surface area contributed by atoms with Gasteiger partial charge in [0.05, 0.1) is 22.3 Å². The fourth-order valence-electron chi connectivity index (χ4n) is 3.68. The molecule has 0 atom stereocenters. The molecule has 5 rings (SSSR count). The predicted molar refractivity (Wildman–Crippen MR) is 131 cm³/mol. The van der Waals surface area contributed by atoms with Crippen LogP contribution in [0.2, 0.25) is 0 Å². The van der Waals surface area contributed by atoms with Crippen molar-refractivity contribution in [3.63, 3.8) is 0 Å². The van der Waals surface area contributed by atoms with Crippen LogP contribution < -0.4 is 13.6 Å². The summed E-state index contributed by atoms with van der Waals surface area (Å²) in [6.07, 6.45) is -4.78. The van der Waals surface area contributed by atoms with Gasteiger partial charge in [0.2, 0.25) is 5.88 Å². The number of nitrogens with zero attached hydrogens (tertiary/aromatic N) is 3. The summed E-state index contributed by atoms with van der Waals surface area (Å²) in [4.78, 5) is 4.26. The van der Waals surface area contributed by atoms with E-state index >= 15 is 0 Å². The molecule has 5 aromatic rings. The van der Waals surface area contributed by atoms with E-state index in [0.717, 1.165) is 0 Å². The monoisotopic (exact) mass is 525 g/mol. The van der Waals surface area contributed by atoms with Crippen LogP contribution in [0.5, 0.6) is 17.4 Å². The Morgan fingerprint density at radius 1 is 0.784 bits per heavy atom. The van der Waals surface area contributed by atoms with Gasteiger partial charge in [0, 0.05) is 6.07 Å². The van der Waals surface area contributed by atoms with Crippen molar-refractivity contribution in [1.82, 2.24) is 14.8 Å². The fraction of sp³-hybridized carbons (Fsp3) is 0.0769. The molecule has 37 heavy (non-hydrogen) atoms. The molecule has 0 amide bonds. The van der Waals surface area contributed by atoms with Gasteiger partial charge in [-0.15, -0.1) is 0 Å². The SMILES string of the molecule is Cc1nn(-c2ccccc2)c2nc(OP(=O)(Oc3ccccc3)Oc3ccccc3)cc(C(F)(F)F)c12. The van der Waals surface area contributed by atoms with Crippen molar-refractivity contribution in [2.24, 2.45) is 0 Å². The van der Waals surface area contributed by atoms with Gasteiger partial charge in [-0.05, 0) is 43.3 Å². The third-order valence-corrected chi connectivity index (χ3v) is 6.50. The maximum Gasteiger partial charge on any atom is 0.648 e. The van der Waals surface area contributed by atoms with Crippen LogP contribution in [-0.4, -0.2) is 14.8 Å². The number of hydrogen-bond donors (Lipinski definition) is 0. The van der Waals surface area contributed by atoms with E-state index in [4.69, 9.17) is 13.6 Å². The molecule has 0 aliphatic rings. The van der Waals surface area contributed by atoms with Crippen LogP contribution in [0.1, 0.15) is 11.3 Å². The number of hydrogen-bond acceptors (Lipinski definition) is 6. The Balaban J connectivity index is 1.64. The highest BCUT2D eigenvalue weighted by Gasteiger charge is 2.39. The number of fused-ring (bicyclic) bond motifs is 1. The van der Waals surface area contributed by atoms with E-state index in [1.807, 2.05) is 0 Å². The first kappa shape index (κ1) is 24.4. The second-order valence-corrected chi connectivity index (χ2v) is 9.33. The van der Waals surface area contributed by atoms with Gasteiger partial charge >= 0.3 is 14.0 Å². The summed E-state index contributed by atoms with van der Waals surface area (Å²) < 4.78 is 74.1. The molecule has 11 heteroatoms.